The van der Waals surface area contributed by atoms with Crippen LogP contribution in [0.2, 0.25) is 5.15 Å². The standard InChI is InChI=1S/C9H8ClNO3/c10-8-6(2-1-3-12)4-7(5-11-8)9(13)14/h1-2,4-5,12H,3H2,(H,13,14). The fourth-order valence-corrected chi connectivity index (χ4v) is 1.04. The Morgan fingerprint density at radius 1 is 1.64 bits per heavy atom. The minimum Gasteiger partial charge on any atom is -0.478 e. The van der Waals surface area contributed by atoms with Crippen LogP contribution < -0.4 is 0 Å². The topological polar surface area (TPSA) is 70.4 Å². The number of carbonyl (C=O) groups is 1. The van der Waals surface area contributed by atoms with Gasteiger partial charge in [-0.05, 0) is 6.07 Å². The molecule has 5 heteroatoms. The Morgan fingerprint density at radius 2 is 2.36 bits per heavy atom. The first kappa shape index (κ1) is 10.7. The van der Waals surface area contributed by atoms with Gasteiger partial charge in [-0.2, -0.15) is 0 Å². The van der Waals surface area contributed by atoms with E-state index in [0.29, 0.717) is 5.56 Å². The number of carboxylic acids is 1. The van der Waals surface area contributed by atoms with Crippen molar-refractivity contribution in [2.45, 2.75) is 0 Å². The van der Waals surface area contributed by atoms with Gasteiger partial charge < -0.3 is 10.2 Å². The average molecular weight is 214 g/mol. The number of carboxylic acid groups (broad SMARTS) is 1. The van der Waals surface area contributed by atoms with Crippen LogP contribution in [-0.4, -0.2) is 27.8 Å². The van der Waals surface area contributed by atoms with Crippen LogP contribution in [0.1, 0.15) is 15.9 Å². The average Bonchev–Trinajstić information content (AvgIpc) is 2.16. The number of nitrogens with zero attached hydrogens (tertiary/aromatic N) is 1. The molecule has 1 aromatic heterocycles. The predicted molar refractivity (Wildman–Crippen MR) is 52.3 cm³/mol. The number of aromatic nitrogens is 1. The summed E-state index contributed by atoms with van der Waals surface area (Å²) in [4.78, 5) is 14.3. The second-order valence-corrected chi connectivity index (χ2v) is 2.85. The molecule has 1 aromatic rings. The Balaban J connectivity index is 3.08. The molecular formula is C9H8ClNO3. The SMILES string of the molecule is O=C(O)c1cnc(Cl)c(C=CCO)c1. The van der Waals surface area contributed by atoms with Crippen molar-refractivity contribution < 1.29 is 15.0 Å². The van der Waals surface area contributed by atoms with Crippen molar-refractivity contribution in [3.05, 3.63) is 34.6 Å². The van der Waals surface area contributed by atoms with E-state index in [9.17, 15) is 4.79 Å². The van der Waals surface area contributed by atoms with Gasteiger partial charge in [0.15, 0.2) is 0 Å². The lowest BCUT2D eigenvalue weighted by atomic mass is 10.2. The van der Waals surface area contributed by atoms with Crippen molar-refractivity contribution >= 4 is 23.6 Å². The normalized spacial score (nSPS) is 10.7. The van der Waals surface area contributed by atoms with Crippen LogP contribution in [0.25, 0.3) is 6.08 Å². The molecule has 0 atom stereocenters. The molecule has 0 radical (unpaired) electrons. The van der Waals surface area contributed by atoms with E-state index in [0.717, 1.165) is 0 Å². The van der Waals surface area contributed by atoms with Crippen molar-refractivity contribution in [1.29, 1.82) is 0 Å². The predicted octanol–water partition coefficient (Wildman–Crippen LogP) is 1.44. The zero-order valence-corrected chi connectivity index (χ0v) is 7.90. The lowest BCUT2D eigenvalue weighted by Gasteiger charge is -1.98. The van der Waals surface area contributed by atoms with Crippen molar-refractivity contribution in [2.75, 3.05) is 6.61 Å². The largest absolute Gasteiger partial charge is 0.478 e. The van der Waals surface area contributed by atoms with E-state index in [1.54, 1.807) is 0 Å². The summed E-state index contributed by atoms with van der Waals surface area (Å²) in [5.74, 6) is -1.06. The number of aliphatic hydroxyl groups is 1. The molecule has 0 spiro atoms. The Kier molecular flexibility index (Phi) is 3.62. The zero-order valence-electron chi connectivity index (χ0n) is 7.14. The Morgan fingerprint density at radius 3 is 2.93 bits per heavy atom. The lowest BCUT2D eigenvalue weighted by Crippen LogP contribution is -1.98. The summed E-state index contributed by atoms with van der Waals surface area (Å²) in [6.07, 6.45) is 4.15. The molecule has 0 aliphatic heterocycles. The highest BCUT2D eigenvalue weighted by molar-refractivity contribution is 6.30. The first-order valence-corrected chi connectivity index (χ1v) is 4.19. The molecule has 0 bridgehead atoms. The molecule has 0 aromatic carbocycles. The molecule has 0 aliphatic rings. The summed E-state index contributed by atoms with van der Waals surface area (Å²) in [5, 5.41) is 17.4. The van der Waals surface area contributed by atoms with Gasteiger partial charge in [-0.3, -0.25) is 0 Å². The molecule has 1 heterocycles. The molecule has 0 fully saturated rings. The fraction of sp³-hybridized carbons (Fsp3) is 0.111. The smallest absolute Gasteiger partial charge is 0.337 e. The van der Waals surface area contributed by atoms with Crippen molar-refractivity contribution in [2.24, 2.45) is 0 Å². The molecule has 1 rings (SSSR count). The molecule has 0 saturated carbocycles. The number of rotatable bonds is 3. The van der Waals surface area contributed by atoms with E-state index < -0.39 is 5.97 Å². The van der Waals surface area contributed by atoms with Gasteiger partial charge in [0, 0.05) is 11.8 Å². The van der Waals surface area contributed by atoms with Gasteiger partial charge in [0.25, 0.3) is 0 Å². The van der Waals surface area contributed by atoms with E-state index in [2.05, 4.69) is 4.98 Å². The maximum absolute atomic E-state index is 10.6. The summed E-state index contributed by atoms with van der Waals surface area (Å²) in [6, 6.07) is 1.39. The number of aliphatic hydroxyl groups excluding tert-OH is 1. The van der Waals surface area contributed by atoms with Crippen LogP contribution in [-0.2, 0) is 0 Å². The highest BCUT2D eigenvalue weighted by Gasteiger charge is 2.06. The van der Waals surface area contributed by atoms with Gasteiger partial charge in [-0.15, -0.1) is 0 Å². The van der Waals surface area contributed by atoms with Crippen molar-refractivity contribution in [3.8, 4) is 0 Å². The monoisotopic (exact) mass is 213 g/mol. The maximum atomic E-state index is 10.6. The van der Waals surface area contributed by atoms with Crippen LogP contribution in [0.5, 0.6) is 0 Å². The second kappa shape index (κ2) is 4.74. The van der Waals surface area contributed by atoms with Crippen LogP contribution >= 0.6 is 11.6 Å². The Bertz CT molecular complexity index is 376. The number of hydrogen-bond donors (Lipinski definition) is 2. The molecule has 74 valence electrons. The molecule has 14 heavy (non-hydrogen) atoms. The Labute approximate surface area is 85.5 Å². The zero-order chi connectivity index (χ0) is 10.6. The quantitative estimate of drug-likeness (QED) is 0.746. The number of aromatic carboxylic acids is 1. The van der Waals surface area contributed by atoms with Gasteiger partial charge in [0.2, 0.25) is 0 Å². The number of hydrogen-bond acceptors (Lipinski definition) is 3. The summed E-state index contributed by atoms with van der Waals surface area (Å²) in [5.41, 5.74) is 0.535. The van der Waals surface area contributed by atoms with E-state index in [-0.39, 0.29) is 17.3 Å². The number of halogens is 1. The molecule has 4 nitrogen and oxygen atoms in total. The first-order valence-electron chi connectivity index (χ1n) is 3.81. The number of pyridine rings is 1. The lowest BCUT2D eigenvalue weighted by molar-refractivity contribution is 0.0696. The minimum absolute atomic E-state index is 0.0620. The van der Waals surface area contributed by atoms with Gasteiger partial charge >= 0.3 is 5.97 Å². The third-order valence-corrected chi connectivity index (χ3v) is 1.83. The van der Waals surface area contributed by atoms with Crippen LogP contribution in [0.4, 0.5) is 0 Å². The molecule has 0 unspecified atom stereocenters. The van der Waals surface area contributed by atoms with Crippen molar-refractivity contribution in [1.82, 2.24) is 4.98 Å². The summed E-state index contributed by atoms with van der Waals surface area (Å²) >= 11 is 5.70. The van der Waals surface area contributed by atoms with E-state index >= 15 is 0 Å². The van der Waals surface area contributed by atoms with Crippen LogP contribution in [0.3, 0.4) is 0 Å². The minimum atomic E-state index is -1.06. The third kappa shape index (κ3) is 2.55. The van der Waals surface area contributed by atoms with Crippen molar-refractivity contribution in [3.63, 3.8) is 0 Å². The molecule has 0 saturated heterocycles. The first-order chi connectivity index (χ1) is 6.65. The molecular weight excluding hydrogens is 206 g/mol. The molecule has 2 N–H and O–H groups in total. The van der Waals surface area contributed by atoms with E-state index in [1.165, 1.54) is 24.4 Å². The highest BCUT2D eigenvalue weighted by Crippen LogP contribution is 2.15. The van der Waals surface area contributed by atoms with Crippen LogP contribution in [0, 0.1) is 0 Å². The Hall–Kier alpha value is -1.39. The van der Waals surface area contributed by atoms with Gasteiger partial charge in [0.05, 0.1) is 12.2 Å². The van der Waals surface area contributed by atoms with Gasteiger partial charge in [0.1, 0.15) is 5.15 Å². The van der Waals surface area contributed by atoms with Crippen LogP contribution in [0.15, 0.2) is 18.3 Å². The summed E-state index contributed by atoms with van der Waals surface area (Å²) in [7, 11) is 0. The summed E-state index contributed by atoms with van der Waals surface area (Å²) in [6.45, 7) is -0.131. The molecule has 0 amide bonds. The third-order valence-electron chi connectivity index (χ3n) is 1.52. The maximum Gasteiger partial charge on any atom is 0.337 e. The van der Waals surface area contributed by atoms with Gasteiger partial charge in [-0.1, -0.05) is 23.8 Å². The summed E-state index contributed by atoms with van der Waals surface area (Å²) < 4.78 is 0. The van der Waals surface area contributed by atoms with Gasteiger partial charge in [-0.25, -0.2) is 9.78 Å². The second-order valence-electron chi connectivity index (χ2n) is 2.49. The molecule has 0 aliphatic carbocycles. The fourth-order valence-electron chi connectivity index (χ4n) is 0.879. The van der Waals surface area contributed by atoms with E-state index in [4.69, 9.17) is 21.8 Å². The highest BCUT2D eigenvalue weighted by atomic mass is 35.5. The van der Waals surface area contributed by atoms with E-state index in [1.807, 2.05) is 0 Å².